The van der Waals surface area contributed by atoms with Gasteiger partial charge < -0.3 is 10.6 Å². The van der Waals surface area contributed by atoms with Gasteiger partial charge in [-0.1, -0.05) is 39.5 Å². The molecule has 3 nitrogen and oxygen atoms in total. The summed E-state index contributed by atoms with van der Waals surface area (Å²) in [4.78, 5) is 4.84. The van der Waals surface area contributed by atoms with Crippen molar-refractivity contribution in [2.75, 3.05) is 33.7 Å². The Balaban J connectivity index is 4.19. The lowest BCUT2D eigenvalue weighted by Crippen LogP contribution is -2.49. The zero-order valence-corrected chi connectivity index (χ0v) is 13.3. The first-order valence-electron chi connectivity index (χ1n) is 7.67. The smallest absolute Gasteiger partial charge is 0.0221 e. The van der Waals surface area contributed by atoms with Crippen molar-refractivity contribution >= 4 is 0 Å². The third-order valence-corrected chi connectivity index (χ3v) is 3.69. The molecule has 0 aromatic carbocycles. The Hall–Kier alpha value is -0.120. The molecule has 2 N–H and O–H groups in total. The van der Waals surface area contributed by atoms with Crippen LogP contribution in [-0.2, 0) is 0 Å². The molecule has 0 saturated heterocycles. The number of hydrogen-bond acceptors (Lipinski definition) is 3. The molecule has 0 saturated carbocycles. The minimum atomic E-state index is 0.557. The van der Waals surface area contributed by atoms with Crippen molar-refractivity contribution < 1.29 is 0 Å². The van der Waals surface area contributed by atoms with Crippen LogP contribution in [0.5, 0.6) is 0 Å². The monoisotopic (exact) mass is 257 g/mol. The van der Waals surface area contributed by atoms with Crippen LogP contribution in [0.2, 0.25) is 0 Å². The van der Waals surface area contributed by atoms with E-state index in [1.165, 1.54) is 32.1 Å². The van der Waals surface area contributed by atoms with Crippen molar-refractivity contribution in [1.82, 2.24) is 9.80 Å². The summed E-state index contributed by atoms with van der Waals surface area (Å²) in [6, 6.07) is 1.14. The van der Waals surface area contributed by atoms with Crippen molar-refractivity contribution in [3.05, 3.63) is 0 Å². The van der Waals surface area contributed by atoms with Crippen LogP contribution in [0.4, 0.5) is 0 Å². The SMILES string of the molecule is CCCCCCC(CN)N(CC)C(C)CN(C)C. The molecule has 0 rings (SSSR count). The Morgan fingerprint density at radius 1 is 1.06 bits per heavy atom. The molecule has 3 heteroatoms. The molecule has 0 spiro atoms. The van der Waals surface area contributed by atoms with E-state index < -0.39 is 0 Å². The van der Waals surface area contributed by atoms with Crippen LogP contribution in [0.25, 0.3) is 0 Å². The van der Waals surface area contributed by atoms with Gasteiger partial charge in [0.1, 0.15) is 0 Å². The summed E-state index contributed by atoms with van der Waals surface area (Å²) < 4.78 is 0. The van der Waals surface area contributed by atoms with E-state index in [-0.39, 0.29) is 0 Å². The van der Waals surface area contributed by atoms with Crippen LogP contribution in [0, 0.1) is 0 Å². The van der Waals surface area contributed by atoms with Gasteiger partial charge in [-0.15, -0.1) is 0 Å². The Morgan fingerprint density at radius 3 is 2.17 bits per heavy atom. The standard InChI is InChI=1S/C15H35N3/c1-6-8-9-10-11-15(12-16)18(7-2)14(3)13-17(4)5/h14-15H,6-13,16H2,1-5H3. The summed E-state index contributed by atoms with van der Waals surface area (Å²) in [5.74, 6) is 0. The van der Waals surface area contributed by atoms with E-state index in [1.54, 1.807) is 0 Å². The Kier molecular flexibility index (Phi) is 10.7. The highest BCUT2D eigenvalue weighted by atomic mass is 15.2. The van der Waals surface area contributed by atoms with E-state index in [9.17, 15) is 0 Å². The molecule has 0 amide bonds. The quantitative estimate of drug-likeness (QED) is 0.577. The number of nitrogens with zero attached hydrogens (tertiary/aromatic N) is 2. The van der Waals surface area contributed by atoms with Gasteiger partial charge in [-0.3, -0.25) is 4.90 Å². The fourth-order valence-corrected chi connectivity index (χ4v) is 2.79. The zero-order valence-electron chi connectivity index (χ0n) is 13.3. The topological polar surface area (TPSA) is 32.5 Å². The number of rotatable bonds is 11. The second-order valence-electron chi connectivity index (χ2n) is 5.68. The van der Waals surface area contributed by atoms with Crippen LogP contribution in [0.15, 0.2) is 0 Å². The first kappa shape index (κ1) is 17.9. The molecule has 0 fully saturated rings. The van der Waals surface area contributed by atoms with Crippen LogP contribution in [0.1, 0.15) is 52.9 Å². The lowest BCUT2D eigenvalue weighted by molar-refractivity contribution is 0.123. The predicted molar refractivity (Wildman–Crippen MR) is 82.0 cm³/mol. The normalized spacial score (nSPS) is 15.3. The Labute approximate surface area is 115 Å². The van der Waals surface area contributed by atoms with E-state index >= 15 is 0 Å². The maximum Gasteiger partial charge on any atom is 0.0221 e. The fraction of sp³-hybridized carbons (Fsp3) is 1.00. The molecule has 0 aromatic rings. The van der Waals surface area contributed by atoms with Crippen LogP contribution in [-0.4, -0.2) is 55.6 Å². The van der Waals surface area contributed by atoms with E-state index in [0.29, 0.717) is 12.1 Å². The second-order valence-corrected chi connectivity index (χ2v) is 5.68. The van der Waals surface area contributed by atoms with Crippen molar-refractivity contribution in [1.29, 1.82) is 0 Å². The molecule has 0 aliphatic heterocycles. The average molecular weight is 257 g/mol. The zero-order chi connectivity index (χ0) is 14.0. The lowest BCUT2D eigenvalue weighted by Gasteiger charge is -2.36. The summed E-state index contributed by atoms with van der Waals surface area (Å²) in [5, 5.41) is 0. The Bertz CT molecular complexity index is 183. The van der Waals surface area contributed by atoms with Crippen molar-refractivity contribution in [3.8, 4) is 0 Å². The number of unbranched alkanes of at least 4 members (excludes halogenated alkanes) is 3. The molecule has 2 unspecified atom stereocenters. The average Bonchev–Trinajstić information content (AvgIpc) is 2.32. The van der Waals surface area contributed by atoms with Crippen molar-refractivity contribution in [3.63, 3.8) is 0 Å². The van der Waals surface area contributed by atoms with Gasteiger partial charge in [0, 0.05) is 25.2 Å². The molecule has 0 bridgehead atoms. The number of hydrogen-bond donors (Lipinski definition) is 1. The molecule has 18 heavy (non-hydrogen) atoms. The molecule has 0 aliphatic carbocycles. The second kappa shape index (κ2) is 10.8. The first-order valence-corrected chi connectivity index (χ1v) is 7.67. The third kappa shape index (κ3) is 7.34. The van der Waals surface area contributed by atoms with E-state index in [2.05, 4.69) is 44.7 Å². The molecule has 0 heterocycles. The number of likely N-dealkylation sites (N-methyl/N-ethyl adjacent to an activating group) is 2. The summed E-state index contributed by atoms with van der Waals surface area (Å²) in [6.45, 7) is 9.83. The van der Waals surface area contributed by atoms with E-state index in [1.807, 2.05) is 0 Å². The van der Waals surface area contributed by atoms with Crippen molar-refractivity contribution in [2.45, 2.75) is 65.0 Å². The van der Waals surface area contributed by atoms with Gasteiger partial charge in [0.2, 0.25) is 0 Å². The van der Waals surface area contributed by atoms with Gasteiger partial charge in [-0.05, 0) is 34.0 Å². The van der Waals surface area contributed by atoms with Gasteiger partial charge in [-0.25, -0.2) is 0 Å². The number of nitrogens with two attached hydrogens (primary N) is 1. The van der Waals surface area contributed by atoms with Crippen LogP contribution >= 0.6 is 0 Å². The maximum atomic E-state index is 5.98. The highest BCUT2D eigenvalue weighted by molar-refractivity contribution is 4.78. The highest BCUT2D eigenvalue weighted by Crippen LogP contribution is 2.13. The van der Waals surface area contributed by atoms with E-state index in [4.69, 9.17) is 5.73 Å². The summed E-state index contributed by atoms with van der Waals surface area (Å²) >= 11 is 0. The van der Waals surface area contributed by atoms with Gasteiger partial charge in [0.05, 0.1) is 0 Å². The minimum Gasteiger partial charge on any atom is -0.329 e. The molecule has 110 valence electrons. The maximum absolute atomic E-state index is 5.98. The lowest BCUT2D eigenvalue weighted by atomic mass is 10.0. The van der Waals surface area contributed by atoms with Crippen molar-refractivity contribution in [2.24, 2.45) is 5.73 Å². The largest absolute Gasteiger partial charge is 0.329 e. The summed E-state index contributed by atoms with van der Waals surface area (Å²) in [6.07, 6.45) is 6.59. The summed E-state index contributed by atoms with van der Waals surface area (Å²) in [7, 11) is 4.28. The third-order valence-electron chi connectivity index (χ3n) is 3.69. The molecular formula is C15H35N3. The molecule has 0 aliphatic rings. The van der Waals surface area contributed by atoms with Gasteiger partial charge in [0.15, 0.2) is 0 Å². The molecular weight excluding hydrogens is 222 g/mol. The predicted octanol–water partition coefficient (Wildman–Crippen LogP) is 2.56. The summed E-state index contributed by atoms with van der Waals surface area (Å²) in [5.41, 5.74) is 5.98. The minimum absolute atomic E-state index is 0.557. The first-order chi connectivity index (χ1) is 8.56. The Morgan fingerprint density at radius 2 is 1.72 bits per heavy atom. The van der Waals surface area contributed by atoms with Gasteiger partial charge in [0.25, 0.3) is 0 Å². The van der Waals surface area contributed by atoms with Crippen LogP contribution < -0.4 is 5.73 Å². The molecule has 2 atom stereocenters. The van der Waals surface area contributed by atoms with Gasteiger partial charge >= 0.3 is 0 Å². The van der Waals surface area contributed by atoms with Gasteiger partial charge in [-0.2, -0.15) is 0 Å². The highest BCUT2D eigenvalue weighted by Gasteiger charge is 2.20. The molecule has 0 aromatic heterocycles. The van der Waals surface area contributed by atoms with E-state index in [0.717, 1.165) is 19.6 Å². The fourth-order valence-electron chi connectivity index (χ4n) is 2.79. The van der Waals surface area contributed by atoms with Crippen LogP contribution in [0.3, 0.4) is 0 Å². The molecule has 0 radical (unpaired) electrons.